The largest absolute Gasteiger partial charge is 0.494 e. The number of ether oxygens (including phenoxy) is 1. The van der Waals surface area contributed by atoms with Crippen molar-refractivity contribution in [2.75, 3.05) is 40.3 Å². The number of nitrogens with zero attached hydrogens (tertiary/aromatic N) is 3. The summed E-state index contributed by atoms with van der Waals surface area (Å²) in [6.07, 6.45) is 0.896. The molecule has 4 aromatic rings. The molecule has 1 saturated heterocycles. The molecule has 3 heterocycles. The van der Waals surface area contributed by atoms with Gasteiger partial charge in [-0.05, 0) is 26.1 Å². The number of rotatable bonds is 5. The molecule has 0 bridgehead atoms. The van der Waals surface area contributed by atoms with Gasteiger partial charge < -0.3 is 14.5 Å². The molecule has 0 atom stereocenters. The predicted octanol–water partition coefficient (Wildman–Crippen LogP) is 3.89. The Morgan fingerprint density at radius 3 is 2.49 bits per heavy atom. The zero-order valence-corrected chi connectivity index (χ0v) is 20.6. The third kappa shape index (κ3) is 4.24. The second kappa shape index (κ2) is 9.64. The summed E-state index contributed by atoms with van der Waals surface area (Å²) in [7, 11) is 3.54. The van der Waals surface area contributed by atoms with E-state index < -0.39 is 0 Å². The molecule has 2 aromatic carbocycles. The van der Waals surface area contributed by atoms with E-state index in [1.54, 1.807) is 24.3 Å². The number of pyridine rings is 1. The average Bonchev–Trinajstić information content (AvgIpc) is 3.15. The van der Waals surface area contributed by atoms with Crippen LogP contribution >= 0.6 is 11.3 Å². The van der Waals surface area contributed by atoms with Crippen LogP contribution in [0.3, 0.4) is 0 Å². The second-order valence-corrected chi connectivity index (χ2v) is 9.84. The number of carbonyl (C=O) groups is 2. The summed E-state index contributed by atoms with van der Waals surface area (Å²) in [4.78, 5) is 44.9. The van der Waals surface area contributed by atoms with Crippen LogP contribution in [0.15, 0.2) is 59.4 Å². The fourth-order valence-corrected chi connectivity index (χ4v) is 5.95. The predicted molar refractivity (Wildman–Crippen MR) is 139 cm³/mol. The van der Waals surface area contributed by atoms with E-state index in [0.717, 1.165) is 24.9 Å². The summed E-state index contributed by atoms with van der Waals surface area (Å²) in [5.74, 6) is 0.0226. The Morgan fingerprint density at radius 1 is 0.971 bits per heavy atom. The number of hydrogen-bond acceptors (Lipinski definition) is 6. The summed E-state index contributed by atoms with van der Waals surface area (Å²) in [5, 5.41) is 1.17. The van der Waals surface area contributed by atoms with Crippen LogP contribution in [0, 0.1) is 0 Å². The Labute approximate surface area is 207 Å². The maximum atomic E-state index is 13.8. The quantitative estimate of drug-likeness (QED) is 0.398. The van der Waals surface area contributed by atoms with Crippen molar-refractivity contribution in [2.24, 2.45) is 0 Å². The van der Waals surface area contributed by atoms with Gasteiger partial charge in [0.2, 0.25) is 0 Å². The zero-order valence-electron chi connectivity index (χ0n) is 19.8. The molecule has 0 radical (unpaired) electrons. The van der Waals surface area contributed by atoms with Gasteiger partial charge in [0.1, 0.15) is 10.3 Å². The van der Waals surface area contributed by atoms with Crippen LogP contribution in [0.4, 0.5) is 0 Å². The summed E-state index contributed by atoms with van der Waals surface area (Å²) in [6, 6.07) is 16.5. The Morgan fingerprint density at radius 2 is 1.71 bits per heavy atom. The lowest BCUT2D eigenvalue weighted by atomic mass is 10.1. The van der Waals surface area contributed by atoms with Gasteiger partial charge in [-0.3, -0.25) is 19.0 Å². The minimum atomic E-state index is -0.328. The number of benzene rings is 2. The molecule has 0 aliphatic carbocycles. The summed E-state index contributed by atoms with van der Waals surface area (Å²) in [5.41, 5.74) is 0.877. The average molecular weight is 490 g/mol. The first-order chi connectivity index (χ1) is 17.0. The lowest BCUT2D eigenvalue weighted by Gasteiger charge is -2.20. The molecule has 1 fully saturated rings. The smallest absolute Gasteiger partial charge is 0.267 e. The van der Waals surface area contributed by atoms with Gasteiger partial charge in [-0.1, -0.05) is 48.5 Å². The van der Waals surface area contributed by atoms with Crippen LogP contribution in [0.2, 0.25) is 0 Å². The molecule has 0 spiro atoms. The van der Waals surface area contributed by atoms with Gasteiger partial charge in [-0.15, -0.1) is 11.3 Å². The third-order valence-electron chi connectivity index (χ3n) is 6.57. The molecular weight excluding hydrogens is 462 g/mol. The number of likely N-dealkylation sites (N-methyl/N-ethyl adjacent to an activating group) is 1. The van der Waals surface area contributed by atoms with Gasteiger partial charge in [-0.2, -0.15) is 0 Å². The van der Waals surface area contributed by atoms with Gasteiger partial charge >= 0.3 is 0 Å². The van der Waals surface area contributed by atoms with E-state index in [-0.39, 0.29) is 23.8 Å². The van der Waals surface area contributed by atoms with Gasteiger partial charge in [0, 0.05) is 30.6 Å². The van der Waals surface area contributed by atoms with Crippen molar-refractivity contribution in [2.45, 2.75) is 13.0 Å². The number of carbonyl (C=O) groups excluding carboxylic acids is 2. The molecule has 1 amide bonds. The minimum absolute atomic E-state index is 0.0972. The van der Waals surface area contributed by atoms with Crippen LogP contribution in [-0.4, -0.2) is 66.4 Å². The van der Waals surface area contributed by atoms with Crippen molar-refractivity contribution < 1.29 is 14.3 Å². The number of aromatic nitrogens is 1. The van der Waals surface area contributed by atoms with E-state index in [1.165, 1.54) is 23.0 Å². The molecule has 0 N–H and O–H groups in total. The highest BCUT2D eigenvalue weighted by Gasteiger charge is 2.29. The van der Waals surface area contributed by atoms with E-state index in [9.17, 15) is 14.4 Å². The number of para-hydroxylation sites is 1. The van der Waals surface area contributed by atoms with Crippen LogP contribution in [-0.2, 0) is 6.54 Å². The lowest BCUT2D eigenvalue weighted by Crippen LogP contribution is -2.34. The molecule has 0 unspecified atom stereocenters. The van der Waals surface area contributed by atoms with Gasteiger partial charge in [0.15, 0.2) is 11.5 Å². The maximum Gasteiger partial charge on any atom is 0.267 e. The lowest BCUT2D eigenvalue weighted by molar-refractivity contribution is 0.0764. The monoisotopic (exact) mass is 489 g/mol. The van der Waals surface area contributed by atoms with Gasteiger partial charge in [0.25, 0.3) is 11.5 Å². The highest BCUT2D eigenvalue weighted by molar-refractivity contribution is 7.22. The molecule has 0 saturated carbocycles. The first kappa shape index (κ1) is 23.3. The van der Waals surface area contributed by atoms with Gasteiger partial charge in [0.05, 0.1) is 23.9 Å². The van der Waals surface area contributed by atoms with Crippen molar-refractivity contribution in [3.8, 4) is 5.75 Å². The molecule has 1 aliphatic rings. The van der Waals surface area contributed by atoms with E-state index >= 15 is 0 Å². The van der Waals surface area contributed by atoms with Crippen LogP contribution in [0.25, 0.3) is 21.0 Å². The van der Waals surface area contributed by atoms with Crippen LogP contribution < -0.4 is 10.3 Å². The van der Waals surface area contributed by atoms with E-state index in [2.05, 4.69) is 11.9 Å². The zero-order chi connectivity index (χ0) is 24.5. The molecule has 180 valence electrons. The molecule has 1 aliphatic heterocycles. The molecule has 2 aromatic heterocycles. The van der Waals surface area contributed by atoms with Crippen molar-refractivity contribution in [1.29, 1.82) is 0 Å². The summed E-state index contributed by atoms with van der Waals surface area (Å²) in [6.45, 7) is 2.94. The standard InChI is InChI=1S/C27H27N3O4S/c1-28-13-8-14-29(16-15-28)27(33)25-23(34-2)22-24(35-25)19-11-6-7-12-20(19)30(26(22)32)17-21(31)18-9-4-3-5-10-18/h3-7,9-12H,8,13-17H2,1-2H3. The van der Waals surface area contributed by atoms with Crippen LogP contribution in [0.5, 0.6) is 5.75 Å². The first-order valence-corrected chi connectivity index (χ1v) is 12.5. The number of Topliss-reactive ketones (excluding diaryl/α,β-unsaturated/α-hetero) is 1. The van der Waals surface area contributed by atoms with E-state index in [0.29, 0.717) is 44.9 Å². The van der Waals surface area contributed by atoms with Crippen molar-refractivity contribution in [1.82, 2.24) is 14.4 Å². The topological polar surface area (TPSA) is 71.8 Å². The third-order valence-corrected chi connectivity index (χ3v) is 7.76. The molecule has 35 heavy (non-hydrogen) atoms. The van der Waals surface area contributed by atoms with E-state index in [4.69, 9.17) is 4.74 Å². The Bertz CT molecular complexity index is 1470. The minimum Gasteiger partial charge on any atom is -0.494 e. The van der Waals surface area contributed by atoms with Gasteiger partial charge in [-0.25, -0.2) is 0 Å². The van der Waals surface area contributed by atoms with Crippen molar-refractivity contribution in [3.63, 3.8) is 0 Å². The fraction of sp³-hybridized carbons (Fsp3) is 0.296. The highest BCUT2D eigenvalue weighted by Crippen LogP contribution is 2.40. The fourth-order valence-electron chi connectivity index (χ4n) is 4.69. The number of thiophene rings is 1. The number of methoxy groups -OCH3 is 1. The molecule has 5 rings (SSSR count). The Kier molecular flexibility index (Phi) is 6.40. The van der Waals surface area contributed by atoms with Crippen LogP contribution in [0.1, 0.15) is 26.5 Å². The Hall–Kier alpha value is -3.49. The summed E-state index contributed by atoms with van der Waals surface area (Å²) >= 11 is 1.30. The normalized spacial score (nSPS) is 14.9. The number of hydrogen-bond donors (Lipinski definition) is 0. The maximum absolute atomic E-state index is 13.8. The number of fused-ring (bicyclic) bond motifs is 3. The molecular formula is C27H27N3O4S. The Balaban J connectivity index is 1.66. The summed E-state index contributed by atoms with van der Waals surface area (Å²) < 4.78 is 7.90. The van der Waals surface area contributed by atoms with Crippen molar-refractivity contribution in [3.05, 3.63) is 75.4 Å². The second-order valence-electron chi connectivity index (χ2n) is 8.82. The highest BCUT2D eigenvalue weighted by atomic mass is 32.1. The molecule has 7 nitrogen and oxygen atoms in total. The van der Waals surface area contributed by atoms with E-state index in [1.807, 2.05) is 35.2 Å². The number of amides is 1. The first-order valence-electron chi connectivity index (χ1n) is 11.7. The van der Waals surface area contributed by atoms with Crippen molar-refractivity contribution >= 4 is 44.0 Å². The number of ketones is 1. The SMILES string of the molecule is COc1c(C(=O)N2CCCN(C)CC2)sc2c1c(=O)n(CC(=O)c1ccccc1)c1ccccc21. The molecule has 8 heteroatoms.